The molecule has 0 radical (unpaired) electrons. The molecular weight excluding hydrogens is 343 g/mol. The molecule has 102 valence electrons. The van der Waals surface area contributed by atoms with Gasteiger partial charge >= 0.3 is 0 Å². The van der Waals surface area contributed by atoms with E-state index in [2.05, 4.69) is 21.2 Å². The summed E-state index contributed by atoms with van der Waals surface area (Å²) in [5.41, 5.74) is 1.63. The lowest BCUT2D eigenvalue weighted by atomic mass is 10.1. The van der Waals surface area contributed by atoms with E-state index in [0.717, 1.165) is 4.47 Å². The maximum atomic E-state index is 13.8. The fourth-order valence-corrected chi connectivity index (χ4v) is 2.41. The van der Waals surface area contributed by atoms with Crippen LogP contribution in [0.15, 0.2) is 40.9 Å². The molecule has 2 aromatic carbocycles. The van der Waals surface area contributed by atoms with Gasteiger partial charge in [0.15, 0.2) is 0 Å². The number of hydrogen-bond donors (Lipinski definition) is 1. The molecule has 5 heteroatoms. The largest absolute Gasteiger partial charge is 0.377 e. The quantitative estimate of drug-likeness (QED) is 0.814. The van der Waals surface area contributed by atoms with Crippen LogP contribution in [0.1, 0.15) is 24.1 Å². The topological polar surface area (TPSA) is 35.8 Å². The van der Waals surface area contributed by atoms with Gasteiger partial charge in [-0.05, 0) is 43.3 Å². The predicted octanol–water partition coefficient (Wildman–Crippen LogP) is 5.29. The van der Waals surface area contributed by atoms with Crippen LogP contribution < -0.4 is 5.32 Å². The Hall–Kier alpha value is -1.57. The molecule has 0 amide bonds. The van der Waals surface area contributed by atoms with Crippen LogP contribution >= 0.6 is 27.5 Å². The maximum absolute atomic E-state index is 13.8. The number of benzene rings is 2. The average molecular weight is 354 g/mol. The highest BCUT2D eigenvalue weighted by atomic mass is 79.9. The summed E-state index contributed by atoms with van der Waals surface area (Å²) in [6, 6.07) is 11.5. The number of nitriles is 1. The first-order valence-corrected chi connectivity index (χ1v) is 7.09. The van der Waals surface area contributed by atoms with Crippen molar-refractivity contribution < 1.29 is 4.39 Å². The number of hydrogen-bond acceptors (Lipinski definition) is 2. The third kappa shape index (κ3) is 3.30. The van der Waals surface area contributed by atoms with Crippen molar-refractivity contribution in [2.45, 2.75) is 13.0 Å². The predicted molar refractivity (Wildman–Crippen MR) is 82.3 cm³/mol. The van der Waals surface area contributed by atoms with E-state index in [1.54, 1.807) is 30.3 Å². The highest BCUT2D eigenvalue weighted by Crippen LogP contribution is 2.29. The minimum Gasteiger partial charge on any atom is -0.377 e. The van der Waals surface area contributed by atoms with Gasteiger partial charge in [0.05, 0.1) is 28.4 Å². The highest BCUT2D eigenvalue weighted by molar-refractivity contribution is 9.10. The Labute approximate surface area is 130 Å². The zero-order valence-electron chi connectivity index (χ0n) is 10.6. The Bertz CT molecular complexity index is 682. The zero-order valence-corrected chi connectivity index (χ0v) is 13.0. The molecule has 0 saturated heterocycles. The van der Waals surface area contributed by atoms with Crippen molar-refractivity contribution in [2.24, 2.45) is 0 Å². The molecule has 0 aliphatic heterocycles. The molecular formula is C15H11BrClFN2. The number of halogens is 3. The van der Waals surface area contributed by atoms with Crippen molar-refractivity contribution in [1.29, 1.82) is 5.26 Å². The molecule has 1 unspecified atom stereocenters. The van der Waals surface area contributed by atoms with Crippen LogP contribution in [0, 0.1) is 17.1 Å². The van der Waals surface area contributed by atoms with Crippen LogP contribution in [0.2, 0.25) is 5.02 Å². The van der Waals surface area contributed by atoms with Crippen molar-refractivity contribution in [3.8, 4) is 6.07 Å². The molecule has 0 saturated carbocycles. The molecule has 0 bridgehead atoms. The van der Waals surface area contributed by atoms with Gasteiger partial charge in [-0.15, -0.1) is 0 Å². The first-order valence-electron chi connectivity index (χ1n) is 5.92. The standard InChI is InChI=1S/C15H11BrClFN2/c1-9(12-7-11(16)3-5-14(12)18)20-15-6-10(8-19)2-4-13(15)17/h2-7,9,20H,1H3. The molecule has 20 heavy (non-hydrogen) atoms. The number of nitrogens with zero attached hydrogens (tertiary/aromatic N) is 1. The van der Waals surface area contributed by atoms with E-state index in [1.807, 2.05) is 13.0 Å². The molecule has 2 aromatic rings. The second-order valence-corrected chi connectivity index (χ2v) is 5.66. The summed E-state index contributed by atoms with van der Waals surface area (Å²) in [6.07, 6.45) is 0. The van der Waals surface area contributed by atoms with Crippen LogP contribution in [0.3, 0.4) is 0 Å². The van der Waals surface area contributed by atoms with E-state index in [9.17, 15) is 4.39 Å². The summed E-state index contributed by atoms with van der Waals surface area (Å²) in [7, 11) is 0. The fourth-order valence-electron chi connectivity index (χ4n) is 1.86. The van der Waals surface area contributed by atoms with Gasteiger partial charge in [0.25, 0.3) is 0 Å². The molecule has 0 aromatic heterocycles. The average Bonchev–Trinajstić information content (AvgIpc) is 2.43. The lowest BCUT2D eigenvalue weighted by Gasteiger charge is -2.18. The number of anilines is 1. The van der Waals surface area contributed by atoms with Gasteiger partial charge < -0.3 is 5.32 Å². The van der Waals surface area contributed by atoms with Crippen molar-refractivity contribution in [2.75, 3.05) is 5.32 Å². The summed E-state index contributed by atoms with van der Waals surface area (Å²) >= 11 is 9.40. The molecule has 2 nitrogen and oxygen atoms in total. The smallest absolute Gasteiger partial charge is 0.128 e. The molecule has 2 rings (SSSR count). The number of nitrogens with one attached hydrogen (secondary N) is 1. The van der Waals surface area contributed by atoms with Gasteiger partial charge in [-0.1, -0.05) is 27.5 Å². The summed E-state index contributed by atoms with van der Waals surface area (Å²) in [5.74, 6) is -0.291. The van der Waals surface area contributed by atoms with Gasteiger partial charge in [-0.25, -0.2) is 4.39 Å². The Morgan fingerprint density at radius 2 is 2.05 bits per heavy atom. The van der Waals surface area contributed by atoms with Gasteiger partial charge in [0, 0.05) is 10.0 Å². The molecule has 0 spiro atoms. The minimum absolute atomic E-state index is 0.279. The summed E-state index contributed by atoms with van der Waals surface area (Å²) in [6.45, 7) is 1.83. The lowest BCUT2D eigenvalue weighted by Crippen LogP contribution is -2.09. The molecule has 0 aliphatic rings. The van der Waals surface area contributed by atoms with E-state index in [0.29, 0.717) is 21.8 Å². The molecule has 1 atom stereocenters. The minimum atomic E-state index is -0.291. The van der Waals surface area contributed by atoms with Crippen LogP contribution in [0.25, 0.3) is 0 Å². The van der Waals surface area contributed by atoms with Gasteiger partial charge in [-0.2, -0.15) is 5.26 Å². The maximum Gasteiger partial charge on any atom is 0.128 e. The van der Waals surface area contributed by atoms with Crippen LogP contribution in [0.4, 0.5) is 10.1 Å². The molecule has 0 heterocycles. The summed E-state index contributed by atoms with van der Waals surface area (Å²) in [4.78, 5) is 0. The third-order valence-corrected chi connectivity index (χ3v) is 3.71. The second-order valence-electron chi connectivity index (χ2n) is 4.34. The van der Waals surface area contributed by atoms with Crippen molar-refractivity contribution >= 4 is 33.2 Å². The van der Waals surface area contributed by atoms with E-state index in [4.69, 9.17) is 16.9 Å². The Morgan fingerprint density at radius 1 is 1.30 bits per heavy atom. The normalized spacial score (nSPS) is 11.8. The van der Waals surface area contributed by atoms with Crippen molar-refractivity contribution in [3.63, 3.8) is 0 Å². The summed E-state index contributed by atoms with van der Waals surface area (Å²) < 4.78 is 14.6. The van der Waals surface area contributed by atoms with E-state index >= 15 is 0 Å². The third-order valence-electron chi connectivity index (χ3n) is 2.89. The Balaban J connectivity index is 2.30. The lowest BCUT2D eigenvalue weighted by molar-refractivity contribution is 0.600. The van der Waals surface area contributed by atoms with Crippen molar-refractivity contribution in [3.05, 3.63) is 62.8 Å². The molecule has 0 aliphatic carbocycles. The summed E-state index contributed by atoms with van der Waals surface area (Å²) in [5, 5.41) is 12.5. The van der Waals surface area contributed by atoms with Crippen LogP contribution in [-0.2, 0) is 0 Å². The molecule has 1 N–H and O–H groups in total. The van der Waals surface area contributed by atoms with Crippen molar-refractivity contribution in [1.82, 2.24) is 0 Å². The SMILES string of the molecule is CC(Nc1cc(C#N)ccc1Cl)c1cc(Br)ccc1F. The van der Waals surface area contributed by atoms with Gasteiger partial charge in [0.1, 0.15) is 5.82 Å². The van der Waals surface area contributed by atoms with Gasteiger partial charge in [0.2, 0.25) is 0 Å². The first kappa shape index (κ1) is 14.8. The van der Waals surface area contributed by atoms with Crippen LogP contribution in [-0.4, -0.2) is 0 Å². The van der Waals surface area contributed by atoms with E-state index in [1.165, 1.54) is 6.07 Å². The second kappa shape index (κ2) is 6.25. The first-order chi connectivity index (χ1) is 9.51. The van der Waals surface area contributed by atoms with Crippen LogP contribution in [0.5, 0.6) is 0 Å². The van der Waals surface area contributed by atoms with E-state index < -0.39 is 0 Å². The molecule has 0 fully saturated rings. The Morgan fingerprint density at radius 3 is 2.75 bits per heavy atom. The Kier molecular flexibility index (Phi) is 4.64. The van der Waals surface area contributed by atoms with E-state index in [-0.39, 0.29) is 11.9 Å². The zero-order chi connectivity index (χ0) is 14.7. The monoisotopic (exact) mass is 352 g/mol. The highest BCUT2D eigenvalue weighted by Gasteiger charge is 2.13. The van der Waals surface area contributed by atoms with Gasteiger partial charge in [-0.3, -0.25) is 0 Å². The fraction of sp³-hybridized carbons (Fsp3) is 0.133. The number of rotatable bonds is 3.